The van der Waals surface area contributed by atoms with Crippen LogP contribution in [0.2, 0.25) is 0 Å². The summed E-state index contributed by atoms with van der Waals surface area (Å²) >= 11 is 0. The number of carbonyl (C=O) groups excluding carboxylic acids is 9. The second-order valence-corrected chi connectivity index (χ2v) is 25.6. The standard InChI is InChI=1S/C64H113N9O29/c1-36(78)68-51-57(89)54(86)44(33-75)100-62(51)97-27-24-94-21-18-65-47(82)16-14-41(60(92)66-19-22-95-25-28-98-63-52(69-37(2)79)58(90)55(87)45(34-76)101-63)73-50(85)17-15-42(61(93)67-20-23-96-26-29-99-64-53(70-38(3)80)59(91)56(88)46(35-77)102-64)72-49(84)13-11-9-7-5-4-6-8-10-12-48(83)71-40-30-39(32-74)43(81)31-40/h39-46,51-59,62-64,74-77,81,86-91H,4-35H2,1-3H3,(H,65,82)(H,66,92)(H,67,93)(H,68,78)(H,69,79)(H,70,80)(H,71,83)(H,72,84)(H,73,85)/t39-,40-,41?,42?,43+,44?,45?,46?,51?,52?,53?,54?,55?,56?,57?,58?,59?,62?,63?,64?/m0/s1. The minimum atomic E-state index is -1.54. The fraction of sp³-hybridized carbons (Fsp3) is 0.859. The predicted octanol–water partition coefficient (Wildman–Crippen LogP) is -8.06. The van der Waals surface area contributed by atoms with Gasteiger partial charge in [0, 0.05) is 84.7 Å². The lowest BCUT2D eigenvalue weighted by Gasteiger charge is -2.42. The molecule has 4 aliphatic rings. The third-order valence-corrected chi connectivity index (χ3v) is 17.4. The lowest BCUT2D eigenvalue weighted by Crippen LogP contribution is -2.64. The highest BCUT2D eigenvalue weighted by molar-refractivity contribution is 5.90. The fourth-order valence-corrected chi connectivity index (χ4v) is 11.9. The number of rotatable bonds is 50. The number of nitrogens with one attached hydrogen (secondary N) is 9. The smallest absolute Gasteiger partial charge is 0.242 e. The number of hydrogen-bond donors (Lipinski definition) is 20. The predicted molar refractivity (Wildman–Crippen MR) is 352 cm³/mol. The van der Waals surface area contributed by atoms with Crippen LogP contribution in [-0.2, 0) is 85.8 Å². The van der Waals surface area contributed by atoms with Gasteiger partial charge in [0.2, 0.25) is 53.2 Å². The van der Waals surface area contributed by atoms with E-state index in [9.17, 15) is 99.3 Å². The second kappa shape index (κ2) is 49.3. The zero-order valence-corrected chi connectivity index (χ0v) is 58.4. The van der Waals surface area contributed by atoms with Crippen molar-refractivity contribution in [3.8, 4) is 0 Å². The van der Waals surface area contributed by atoms with Crippen LogP contribution in [0.25, 0.3) is 0 Å². The van der Waals surface area contributed by atoms with Crippen molar-refractivity contribution < 1.29 is 142 Å². The van der Waals surface area contributed by atoms with E-state index in [1.54, 1.807) is 0 Å². The normalized spacial score (nSPS) is 28.4. The molecule has 0 aromatic rings. The maximum Gasteiger partial charge on any atom is 0.242 e. The van der Waals surface area contributed by atoms with E-state index in [-0.39, 0.29) is 129 Å². The molecule has 1 saturated carbocycles. The summed E-state index contributed by atoms with van der Waals surface area (Å²) in [5.74, 6) is -5.13. The van der Waals surface area contributed by atoms with Gasteiger partial charge < -0.3 is 147 Å². The van der Waals surface area contributed by atoms with Gasteiger partial charge in [-0.25, -0.2) is 0 Å². The summed E-state index contributed by atoms with van der Waals surface area (Å²) < 4.78 is 50.3. The van der Waals surface area contributed by atoms with E-state index in [1.165, 1.54) is 20.8 Å². The molecule has 20 N–H and O–H groups in total. The largest absolute Gasteiger partial charge is 0.396 e. The Morgan fingerprint density at radius 1 is 0.382 bits per heavy atom. The van der Waals surface area contributed by atoms with E-state index in [0.717, 1.165) is 32.1 Å². The van der Waals surface area contributed by atoms with Crippen LogP contribution in [0.15, 0.2) is 0 Å². The molecular weight excluding hydrogens is 1360 g/mol. The molecule has 38 nitrogen and oxygen atoms in total. The highest BCUT2D eigenvalue weighted by Gasteiger charge is 2.48. The number of carbonyl (C=O) groups is 9. The highest BCUT2D eigenvalue weighted by atomic mass is 16.7. The van der Waals surface area contributed by atoms with E-state index in [4.69, 9.17) is 42.6 Å². The molecule has 3 saturated heterocycles. The Bertz CT molecular complexity index is 2500. The number of amides is 9. The highest BCUT2D eigenvalue weighted by Crippen LogP contribution is 2.27. The van der Waals surface area contributed by atoms with Crippen LogP contribution in [0.1, 0.15) is 124 Å². The third-order valence-electron chi connectivity index (χ3n) is 17.4. The molecule has 102 heavy (non-hydrogen) atoms. The molecule has 0 aromatic carbocycles. The molecule has 38 heteroatoms. The van der Waals surface area contributed by atoms with Gasteiger partial charge in [-0.15, -0.1) is 0 Å². The van der Waals surface area contributed by atoms with E-state index in [2.05, 4.69) is 47.9 Å². The van der Waals surface area contributed by atoms with Crippen LogP contribution in [0, 0.1) is 5.92 Å². The fourth-order valence-electron chi connectivity index (χ4n) is 11.9. The number of aliphatic hydroxyl groups is 11. The summed E-state index contributed by atoms with van der Waals surface area (Å²) in [5.41, 5.74) is 0. The first-order valence-electron chi connectivity index (χ1n) is 35.1. The first kappa shape index (κ1) is 88.8. The molecule has 17 unspecified atom stereocenters. The first-order chi connectivity index (χ1) is 48.8. The Morgan fingerprint density at radius 2 is 0.725 bits per heavy atom. The molecule has 4 fully saturated rings. The molecular formula is C64H113N9O29. The van der Waals surface area contributed by atoms with E-state index in [1.807, 2.05) is 0 Å². The summed E-state index contributed by atoms with van der Waals surface area (Å²) in [6, 6.07) is -6.31. The quantitative estimate of drug-likeness (QED) is 0.0252. The summed E-state index contributed by atoms with van der Waals surface area (Å²) in [6.45, 7) is 0.293. The SMILES string of the molecule is CC(=O)NC1C(OCCOCCNC(=O)CCC(NC(=O)CCC(NC(=O)CCCCCCCCCCC(=O)N[C@H]2C[C@@H](CO)[C@H](O)C2)C(=O)NCCOCCOC2OC(CO)C(O)C(O)C2NC(C)=O)C(=O)NCCOCCOC2OC(CO)C(O)C(O)C2NC(C)=O)OC(CO)C(O)C1O. The van der Waals surface area contributed by atoms with Crippen molar-refractivity contribution in [2.24, 2.45) is 5.92 Å². The number of aliphatic hydroxyl groups excluding tert-OH is 11. The topological polar surface area (TPSA) is 568 Å². The minimum absolute atomic E-state index is 0.0223. The molecule has 0 radical (unpaired) electrons. The lowest BCUT2D eigenvalue weighted by atomic mass is 9.97. The van der Waals surface area contributed by atoms with Crippen LogP contribution >= 0.6 is 0 Å². The Kier molecular flexibility index (Phi) is 42.9. The van der Waals surface area contributed by atoms with Gasteiger partial charge >= 0.3 is 0 Å². The molecule has 0 spiro atoms. The Hall–Kier alpha value is -5.57. The van der Waals surface area contributed by atoms with Crippen LogP contribution in [0.5, 0.6) is 0 Å². The van der Waals surface area contributed by atoms with Crippen molar-refractivity contribution in [2.75, 3.05) is 106 Å². The summed E-state index contributed by atoms with van der Waals surface area (Å²) in [5, 5.41) is 134. The molecule has 9 amide bonds. The molecule has 0 aromatic heterocycles. The molecule has 3 aliphatic heterocycles. The Morgan fingerprint density at radius 3 is 1.08 bits per heavy atom. The minimum Gasteiger partial charge on any atom is -0.396 e. The van der Waals surface area contributed by atoms with Crippen molar-refractivity contribution in [1.29, 1.82) is 0 Å². The summed E-state index contributed by atoms with van der Waals surface area (Å²) in [4.78, 5) is 116. The zero-order chi connectivity index (χ0) is 75.1. The van der Waals surface area contributed by atoms with Crippen LogP contribution in [0.4, 0.5) is 0 Å². The third kappa shape index (κ3) is 32.4. The van der Waals surface area contributed by atoms with Gasteiger partial charge in [0.05, 0.1) is 85.4 Å². The zero-order valence-electron chi connectivity index (χ0n) is 58.4. The number of hydrogen-bond acceptors (Lipinski definition) is 29. The maximum absolute atomic E-state index is 13.8. The number of unbranched alkanes of at least 4 members (excludes halogenated alkanes) is 7. The Balaban J connectivity index is 1.32. The van der Waals surface area contributed by atoms with Gasteiger partial charge in [-0.05, 0) is 38.5 Å². The summed E-state index contributed by atoms with van der Waals surface area (Å²) in [7, 11) is 0. The van der Waals surface area contributed by atoms with Crippen molar-refractivity contribution in [1.82, 2.24) is 47.9 Å². The average molecular weight is 1470 g/mol. The maximum atomic E-state index is 13.8. The van der Waals surface area contributed by atoms with Crippen molar-refractivity contribution in [3.05, 3.63) is 0 Å². The van der Waals surface area contributed by atoms with Crippen LogP contribution in [0.3, 0.4) is 0 Å². The molecule has 1 aliphatic carbocycles. The van der Waals surface area contributed by atoms with Crippen molar-refractivity contribution in [3.63, 3.8) is 0 Å². The van der Waals surface area contributed by atoms with Gasteiger partial charge in [0.1, 0.15) is 85.1 Å². The van der Waals surface area contributed by atoms with Gasteiger partial charge in [0.25, 0.3) is 0 Å². The van der Waals surface area contributed by atoms with Crippen molar-refractivity contribution in [2.45, 2.75) is 240 Å². The van der Waals surface area contributed by atoms with Crippen LogP contribution < -0.4 is 47.9 Å². The molecule has 588 valence electrons. The Labute approximate surface area is 592 Å². The molecule has 3 heterocycles. The van der Waals surface area contributed by atoms with E-state index in [0.29, 0.717) is 38.5 Å². The van der Waals surface area contributed by atoms with Crippen LogP contribution in [-0.4, -0.2) is 331 Å². The van der Waals surface area contributed by atoms with Crippen molar-refractivity contribution >= 4 is 53.2 Å². The molecule has 20 atom stereocenters. The van der Waals surface area contributed by atoms with E-state index >= 15 is 0 Å². The second-order valence-electron chi connectivity index (χ2n) is 25.6. The van der Waals surface area contributed by atoms with Gasteiger partial charge in [0.15, 0.2) is 18.9 Å². The lowest BCUT2D eigenvalue weighted by molar-refractivity contribution is -0.272. The van der Waals surface area contributed by atoms with Gasteiger partial charge in [-0.1, -0.05) is 38.5 Å². The number of ether oxygens (including phenoxy) is 9. The monoisotopic (exact) mass is 1470 g/mol. The summed E-state index contributed by atoms with van der Waals surface area (Å²) in [6.07, 6.45) is -10.8. The average Bonchev–Trinajstić information content (AvgIpc) is 0.979. The first-order valence-corrected chi connectivity index (χ1v) is 35.1. The van der Waals surface area contributed by atoms with Gasteiger partial charge in [-0.2, -0.15) is 0 Å². The molecule has 0 bridgehead atoms. The van der Waals surface area contributed by atoms with E-state index < -0.39 is 184 Å². The molecule has 4 rings (SSSR count). The van der Waals surface area contributed by atoms with Gasteiger partial charge in [-0.3, -0.25) is 43.2 Å².